The van der Waals surface area contributed by atoms with Crippen LogP contribution in [0.15, 0.2) is 18.2 Å². The molecule has 0 radical (unpaired) electrons. The Kier molecular flexibility index (Phi) is 6.54. The first-order valence-corrected chi connectivity index (χ1v) is 6.65. The van der Waals surface area contributed by atoms with Crippen molar-refractivity contribution in [1.82, 2.24) is 5.32 Å². The lowest BCUT2D eigenvalue weighted by molar-refractivity contribution is -0.139. The van der Waals surface area contributed by atoms with E-state index in [1.165, 1.54) is 7.11 Å². The molecule has 1 atom stereocenters. The van der Waals surface area contributed by atoms with Crippen molar-refractivity contribution in [2.75, 3.05) is 7.11 Å². The lowest BCUT2D eigenvalue weighted by Gasteiger charge is -2.14. The molecule has 0 aliphatic heterocycles. The van der Waals surface area contributed by atoms with Gasteiger partial charge in [0.05, 0.1) is 12.7 Å². The fourth-order valence-electron chi connectivity index (χ4n) is 1.91. The highest BCUT2D eigenvalue weighted by atomic mass is 16.5. The largest absolute Gasteiger partial charge is 0.495 e. The average molecular weight is 276 g/mol. The summed E-state index contributed by atoms with van der Waals surface area (Å²) in [7, 11) is 1.51. The van der Waals surface area contributed by atoms with E-state index in [0.717, 1.165) is 18.4 Å². The van der Waals surface area contributed by atoms with E-state index in [4.69, 9.17) is 15.1 Å². The number of hydrogen-bond acceptors (Lipinski definition) is 4. The number of nitriles is 1. The molecule has 0 aromatic heterocycles. The molecule has 0 fully saturated rings. The third-order valence-corrected chi connectivity index (χ3v) is 3.08. The summed E-state index contributed by atoms with van der Waals surface area (Å²) < 4.78 is 5.07. The van der Waals surface area contributed by atoms with Crippen molar-refractivity contribution in [3.05, 3.63) is 29.3 Å². The van der Waals surface area contributed by atoms with Crippen molar-refractivity contribution in [2.45, 2.75) is 38.8 Å². The summed E-state index contributed by atoms with van der Waals surface area (Å²) in [6.45, 7) is 2.45. The number of carboxylic acids is 1. The maximum absolute atomic E-state index is 11.1. The first kappa shape index (κ1) is 16.0. The van der Waals surface area contributed by atoms with Gasteiger partial charge < -0.3 is 15.2 Å². The van der Waals surface area contributed by atoms with E-state index in [1.807, 2.05) is 13.0 Å². The smallest absolute Gasteiger partial charge is 0.320 e. The third kappa shape index (κ3) is 4.56. The van der Waals surface area contributed by atoms with Crippen LogP contribution in [0.2, 0.25) is 0 Å². The number of nitrogens with one attached hydrogen (secondary N) is 1. The van der Waals surface area contributed by atoms with Gasteiger partial charge in [-0.25, -0.2) is 0 Å². The second-order valence-electron chi connectivity index (χ2n) is 4.56. The molecule has 0 bridgehead atoms. The maximum Gasteiger partial charge on any atom is 0.320 e. The Bertz CT molecular complexity index is 494. The van der Waals surface area contributed by atoms with Gasteiger partial charge in [-0.1, -0.05) is 25.8 Å². The van der Waals surface area contributed by atoms with Gasteiger partial charge >= 0.3 is 5.97 Å². The van der Waals surface area contributed by atoms with Crippen LogP contribution in [0.5, 0.6) is 5.75 Å². The lowest BCUT2D eigenvalue weighted by atomic mass is 10.1. The van der Waals surface area contributed by atoms with Crippen LogP contribution in [0.4, 0.5) is 0 Å². The zero-order valence-electron chi connectivity index (χ0n) is 11.8. The van der Waals surface area contributed by atoms with Crippen LogP contribution < -0.4 is 10.1 Å². The Morgan fingerprint density at radius 1 is 1.55 bits per heavy atom. The van der Waals surface area contributed by atoms with Gasteiger partial charge in [0, 0.05) is 6.54 Å². The number of rotatable bonds is 8. The number of aliphatic carboxylic acids is 1. The van der Waals surface area contributed by atoms with E-state index in [-0.39, 0.29) is 0 Å². The highest BCUT2D eigenvalue weighted by molar-refractivity contribution is 5.73. The lowest BCUT2D eigenvalue weighted by Crippen LogP contribution is -2.36. The number of hydrogen-bond donors (Lipinski definition) is 2. The van der Waals surface area contributed by atoms with Crippen LogP contribution >= 0.6 is 0 Å². The Balaban J connectivity index is 2.68. The Morgan fingerprint density at radius 2 is 2.30 bits per heavy atom. The quantitative estimate of drug-likeness (QED) is 0.761. The Morgan fingerprint density at radius 3 is 2.85 bits per heavy atom. The van der Waals surface area contributed by atoms with Crippen molar-refractivity contribution in [3.63, 3.8) is 0 Å². The highest BCUT2D eigenvalue weighted by Gasteiger charge is 2.16. The molecule has 1 aromatic carbocycles. The van der Waals surface area contributed by atoms with E-state index in [9.17, 15) is 4.79 Å². The molecule has 0 spiro atoms. The number of unbranched alkanes of at least 4 members (excludes halogenated alkanes) is 1. The van der Waals surface area contributed by atoms with Gasteiger partial charge in [0.25, 0.3) is 0 Å². The van der Waals surface area contributed by atoms with Gasteiger partial charge in [-0.15, -0.1) is 0 Å². The van der Waals surface area contributed by atoms with Crippen molar-refractivity contribution in [1.29, 1.82) is 5.26 Å². The molecule has 5 nitrogen and oxygen atoms in total. The Hall–Kier alpha value is -2.06. The van der Waals surface area contributed by atoms with Crippen molar-refractivity contribution >= 4 is 5.97 Å². The summed E-state index contributed by atoms with van der Waals surface area (Å²) in [5.74, 6) is -0.315. The zero-order valence-corrected chi connectivity index (χ0v) is 11.8. The minimum absolute atomic E-state index is 0.416. The molecule has 5 heteroatoms. The van der Waals surface area contributed by atoms with Gasteiger partial charge in [0.1, 0.15) is 17.9 Å². The van der Waals surface area contributed by atoms with Gasteiger partial charge in [-0.2, -0.15) is 5.26 Å². The number of nitrogens with zero attached hydrogens (tertiary/aromatic N) is 1. The average Bonchev–Trinajstić information content (AvgIpc) is 2.46. The molecular formula is C15H20N2O3. The topological polar surface area (TPSA) is 82.3 Å². The number of carbonyl (C=O) groups is 1. The molecule has 0 aliphatic rings. The third-order valence-electron chi connectivity index (χ3n) is 3.08. The number of ether oxygens (including phenoxy) is 1. The second-order valence-corrected chi connectivity index (χ2v) is 4.56. The van der Waals surface area contributed by atoms with E-state index < -0.39 is 12.0 Å². The first-order valence-electron chi connectivity index (χ1n) is 6.65. The van der Waals surface area contributed by atoms with E-state index in [1.54, 1.807) is 12.1 Å². The molecule has 0 amide bonds. The van der Waals surface area contributed by atoms with Crippen LogP contribution in [0, 0.1) is 11.3 Å². The van der Waals surface area contributed by atoms with Crippen molar-refractivity contribution in [2.24, 2.45) is 0 Å². The van der Waals surface area contributed by atoms with Crippen LogP contribution in [-0.2, 0) is 11.3 Å². The van der Waals surface area contributed by atoms with Crippen LogP contribution in [-0.4, -0.2) is 24.2 Å². The molecule has 0 aliphatic carbocycles. The summed E-state index contributed by atoms with van der Waals surface area (Å²) in [5, 5.41) is 21.1. The molecular weight excluding hydrogens is 256 g/mol. The van der Waals surface area contributed by atoms with E-state index >= 15 is 0 Å². The Labute approximate surface area is 119 Å². The fraction of sp³-hybridized carbons (Fsp3) is 0.467. The standard InChI is InChI=1S/C15H20N2O3/c1-3-4-5-13(15(18)19)17-10-11-6-7-14(20-2)12(8-11)9-16/h6-8,13,17H,3-5,10H2,1-2H3,(H,18,19). The van der Waals surface area contributed by atoms with Gasteiger partial charge in [-0.05, 0) is 24.1 Å². The molecule has 0 saturated carbocycles. The molecule has 1 aromatic rings. The molecule has 0 heterocycles. The minimum Gasteiger partial charge on any atom is -0.495 e. The predicted octanol–water partition coefficient (Wildman–Crippen LogP) is 2.30. The van der Waals surface area contributed by atoms with E-state index in [0.29, 0.717) is 24.3 Å². The zero-order chi connectivity index (χ0) is 15.0. The second kappa shape index (κ2) is 8.18. The van der Waals surface area contributed by atoms with Crippen LogP contribution in [0.25, 0.3) is 0 Å². The van der Waals surface area contributed by atoms with Crippen molar-refractivity contribution < 1.29 is 14.6 Å². The van der Waals surface area contributed by atoms with Gasteiger partial charge in [0.2, 0.25) is 0 Å². The van der Waals surface area contributed by atoms with E-state index in [2.05, 4.69) is 11.4 Å². The predicted molar refractivity (Wildman–Crippen MR) is 75.5 cm³/mol. The summed E-state index contributed by atoms with van der Waals surface area (Å²) in [4.78, 5) is 11.1. The monoisotopic (exact) mass is 276 g/mol. The summed E-state index contributed by atoms with van der Waals surface area (Å²) in [6.07, 6.45) is 2.44. The molecule has 20 heavy (non-hydrogen) atoms. The normalized spacial score (nSPS) is 11.7. The summed E-state index contributed by atoms with van der Waals surface area (Å²) in [5.41, 5.74) is 1.32. The number of carboxylic acid groups (broad SMARTS) is 1. The summed E-state index contributed by atoms with van der Waals surface area (Å²) in [6, 6.07) is 6.77. The van der Waals surface area contributed by atoms with Crippen LogP contribution in [0.3, 0.4) is 0 Å². The molecule has 0 saturated heterocycles. The summed E-state index contributed by atoms with van der Waals surface area (Å²) >= 11 is 0. The first-order chi connectivity index (χ1) is 9.62. The van der Waals surface area contributed by atoms with Crippen LogP contribution in [0.1, 0.15) is 37.3 Å². The molecule has 108 valence electrons. The SMILES string of the molecule is CCCCC(NCc1ccc(OC)c(C#N)c1)C(=O)O. The van der Waals surface area contributed by atoms with Crippen molar-refractivity contribution in [3.8, 4) is 11.8 Å². The fourth-order valence-corrected chi connectivity index (χ4v) is 1.91. The molecule has 1 unspecified atom stereocenters. The van der Waals surface area contributed by atoms with Gasteiger partial charge in [0.15, 0.2) is 0 Å². The van der Waals surface area contributed by atoms with Gasteiger partial charge in [-0.3, -0.25) is 4.79 Å². The molecule has 1 rings (SSSR count). The minimum atomic E-state index is -0.840. The number of benzene rings is 1. The number of methoxy groups -OCH3 is 1. The highest BCUT2D eigenvalue weighted by Crippen LogP contribution is 2.18. The maximum atomic E-state index is 11.1. The molecule has 2 N–H and O–H groups in total.